The van der Waals surface area contributed by atoms with Gasteiger partial charge in [-0.2, -0.15) is 0 Å². The average Bonchev–Trinajstić information content (AvgIpc) is 3.18. The van der Waals surface area contributed by atoms with Crippen molar-refractivity contribution in [2.45, 2.75) is 32.7 Å². The minimum atomic E-state index is -0.330. The fraction of sp³-hybridized carbons (Fsp3) is 0.500. The molecule has 1 saturated heterocycles. The highest BCUT2D eigenvalue weighted by Crippen LogP contribution is 2.34. The van der Waals surface area contributed by atoms with Gasteiger partial charge in [0, 0.05) is 17.4 Å². The van der Waals surface area contributed by atoms with Gasteiger partial charge in [0.15, 0.2) is 0 Å². The highest BCUT2D eigenvalue weighted by molar-refractivity contribution is 7.99. The topological polar surface area (TPSA) is 49.4 Å². The first-order valence-corrected chi connectivity index (χ1v) is 8.48. The van der Waals surface area contributed by atoms with Crippen LogP contribution >= 0.6 is 11.8 Å². The van der Waals surface area contributed by atoms with Crippen molar-refractivity contribution < 1.29 is 9.59 Å². The number of hydrogen-bond acceptors (Lipinski definition) is 3. The van der Waals surface area contributed by atoms with E-state index >= 15 is 0 Å². The second kappa shape index (κ2) is 5.72. The Morgan fingerprint density at radius 1 is 1.29 bits per heavy atom. The van der Waals surface area contributed by atoms with E-state index in [1.165, 1.54) is 5.56 Å². The first-order chi connectivity index (χ1) is 10.1. The van der Waals surface area contributed by atoms with Crippen molar-refractivity contribution in [3.05, 3.63) is 29.3 Å². The number of hydrogen-bond donors (Lipinski definition) is 1. The van der Waals surface area contributed by atoms with Crippen LogP contribution in [0.25, 0.3) is 0 Å². The summed E-state index contributed by atoms with van der Waals surface area (Å²) in [7, 11) is 0. The van der Waals surface area contributed by atoms with Crippen molar-refractivity contribution in [3.63, 3.8) is 0 Å². The molecule has 1 aromatic rings. The van der Waals surface area contributed by atoms with Crippen LogP contribution in [0, 0.1) is 19.8 Å². The Labute approximate surface area is 129 Å². The second-order valence-corrected chi connectivity index (χ2v) is 6.91. The van der Waals surface area contributed by atoms with Crippen LogP contribution in [-0.4, -0.2) is 34.4 Å². The molecule has 1 aliphatic heterocycles. The van der Waals surface area contributed by atoms with Gasteiger partial charge < -0.3 is 10.2 Å². The number of rotatable bonds is 3. The number of carbonyl (C=O) groups excluding carboxylic acids is 2. The average molecular weight is 304 g/mol. The van der Waals surface area contributed by atoms with Crippen LogP contribution in [0.3, 0.4) is 0 Å². The lowest BCUT2D eigenvalue weighted by Crippen LogP contribution is -2.45. The molecule has 4 nitrogen and oxygen atoms in total. The van der Waals surface area contributed by atoms with Gasteiger partial charge in [-0.3, -0.25) is 9.59 Å². The first-order valence-electron chi connectivity index (χ1n) is 7.32. The fourth-order valence-corrected chi connectivity index (χ4v) is 3.78. The maximum atomic E-state index is 12.5. The summed E-state index contributed by atoms with van der Waals surface area (Å²) in [5.74, 6) is 1.58. The SMILES string of the molecule is Cc1ccc(NC(=O)[C@H]2CSCN2C(=O)C2CC2)c(C)c1. The summed E-state index contributed by atoms with van der Waals surface area (Å²) in [5.41, 5.74) is 3.06. The lowest BCUT2D eigenvalue weighted by Gasteiger charge is -2.23. The monoisotopic (exact) mass is 304 g/mol. The van der Waals surface area contributed by atoms with Gasteiger partial charge in [0.2, 0.25) is 11.8 Å². The van der Waals surface area contributed by atoms with E-state index in [4.69, 9.17) is 0 Å². The molecule has 2 aliphatic rings. The number of carbonyl (C=O) groups is 2. The van der Waals surface area contributed by atoms with Gasteiger partial charge in [0.1, 0.15) is 6.04 Å². The molecule has 1 aliphatic carbocycles. The third-order valence-electron chi connectivity index (χ3n) is 4.03. The van der Waals surface area contributed by atoms with E-state index in [0.717, 1.165) is 24.1 Å². The molecule has 1 N–H and O–H groups in total. The van der Waals surface area contributed by atoms with Crippen molar-refractivity contribution >= 4 is 29.3 Å². The molecule has 0 spiro atoms. The molecule has 3 rings (SSSR count). The maximum Gasteiger partial charge on any atom is 0.248 e. The summed E-state index contributed by atoms with van der Waals surface area (Å²) >= 11 is 1.65. The van der Waals surface area contributed by atoms with Gasteiger partial charge in [-0.05, 0) is 38.3 Å². The molecule has 2 amide bonds. The highest BCUT2D eigenvalue weighted by Gasteiger charge is 2.41. The number of amides is 2. The number of thioether (sulfide) groups is 1. The van der Waals surface area contributed by atoms with Crippen molar-refractivity contribution in [2.24, 2.45) is 5.92 Å². The zero-order valence-corrected chi connectivity index (χ0v) is 13.2. The van der Waals surface area contributed by atoms with Crippen LogP contribution in [0.2, 0.25) is 0 Å². The van der Waals surface area contributed by atoms with Gasteiger partial charge in [-0.1, -0.05) is 17.7 Å². The molecule has 0 radical (unpaired) electrons. The van der Waals surface area contributed by atoms with Crippen molar-refractivity contribution in [1.82, 2.24) is 4.90 Å². The molecular formula is C16H20N2O2S. The molecule has 1 atom stereocenters. The van der Waals surface area contributed by atoms with E-state index < -0.39 is 0 Å². The Balaban J connectivity index is 1.70. The fourth-order valence-electron chi connectivity index (χ4n) is 2.61. The minimum absolute atomic E-state index is 0.0686. The Hall–Kier alpha value is -1.49. The Bertz CT molecular complexity index is 584. The van der Waals surface area contributed by atoms with E-state index in [2.05, 4.69) is 5.32 Å². The summed E-state index contributed by atoms with van der Waals surface area (Å²) in [6, 6.07) is 5.63. The summed E-state index contributed by atoms with van der Waals surface area (Å²) < 4.78 is 0. The highest BCUT2D eigenvalue weighted by atomic mass is 32.2. The third-order valence-corrected chi connectivity index (χ3v) is 5.05. The van der Waals surface area contributed by atoms with Gasteiger partial charge >= 0.3 is 0 Å². The normalized spacial score (nSPS) is 21.4. The Morgan fingerprint density at radius 2 is 2.05 bits per heavy atom. The summed E-state index contributed by atoms with van der Waals surface area (Å²) in [5, 5.41) is 2.98. The molecular weight excluding hydrogens is 284 g/mol. The van der Waals surface area contributed by atoms with Crippen LogP contribution in [-0.2, 0) is 9.59 Å². The smallest absolute Gasteiger partial charge is 0.248 e. The summed E-state index contributed by atoms with van der Waals surface area (Å²) in [6.07, 6.45) is 1.96. The van der Waals surface area contributed by atoms with Crippen LogP contribution in [0.4, 0.5) is 5.69 Å². The zero-order valence-electron chi connectivity index (χ0n) is 12.4. The molecule has 5 heteroatoms. The van der Waals surface area contributed by atoms with E-state index in [0.29, 0.717) is 11.6 Å². The molecule has 112 valence electrons. The molecule has 1 aromatic carbocycles. The standard InChI is InChI=1S/C16H20N2O2S/c1-10-3-6-13(11(2)7-10)17-15(19)14-8-21-9-18(14)16(20)12-4-5-12/h3,6-7,12,14H,4-5,8-9H2,1-2H3,(H,17,19)/t14-/m1/s1. The molecule has 21 heavy (non-hydrogen) atoms. The summed E-state index contributed by atoms with van der Waals surface area (Å²) in [6.45, 7) is 4.02. The largest absolute Gasteiger partial charge is 0.324 e. The molecule has 1 saturated carbocycles. The number of anilines is 1. The Morgan fingerprint density at radius 3 is 2.71 bits per heavy atom. The lowest BCUT2D eigenvalue weighted by molar-refractivity contribution is -0.137. The van der Waals surface area contributed by atoms with Gasteiger partial charge in [0.05, 0.1) is 5.88 Å². The van der Waals surface area contributed by atoms with Crippen LogP contribution in [0.5, 0.6) is 0 Å². The van der Waals surface area contributed by atoms with Crippen LogP contribution in [0.15, 0.2) is 18.2 Å². The minimum Gasteiger partial charge on any atom is -0.324 e. The molecule has 1 heterocycles. The number of aryl methyl sites for hydroxylation is 2. The number of benzene rings is 1. The summed E-state index contributed by atoms with van der Waals surface area (Å²) in [4.78, 5) is 26.5. The van der Waals surface area contributed by atoms with E-state index in [1.807, 2.05) is 32.0 Å². The molecule has 2 fully saturated rings. The molecule has 0 unspecified atom stereocenters. The number of nitrogens with zero attached hydrogens (tertiary/aromatic N) is 1. The van der Waals surface area contributed by atoms with Crippen LogP contribution < -0.4 is 5.32 Å². The molecule has 0 aromatic heterocycles. The predicted octanol–water partition coefficient (Wildman–Crippen LogP) is 2.55. The number of nitrogens with one attached hydrogen (secondary N) is 1. The zero-order chi connectivity index (χ0) is 15.0. The molecule has 0 bridgehead atoms. The lowest BCUT2D eigenvalue weighted by atomic mass is 10.1. The van der Waals surface area contributed by atoms with Gasteiger partial charge in [-0.15, -0.1) is 11.8 Å². The van der Waals surface area contributed by atoms with Crippen LogP contribution in [0.1, 0.15) is 24.0 Å². The predicted molar refractivity (Wildman–Crippen MR) is 85.2 cm³/mol. The van der Waals surface area contributed by atoms with E-state index in [1.54, 1.807) is 16.7 Å². The van der Waals surface area contributed by atoms with Gasteiger partial charge in [-0.25, -0.2) is 0 Å². The quantitative estimate of drug-likeness (QED) is 0.933. The van der Waals surface area contributed by atoms with Crippen molar-refractivity contribution in [1.29, 1.82) is 0 Å². The first kappa shape index (κ1) is 14.4. The van der Waals surface area contributed by atoms with E-state index in [-0.39, 0.29) is 23.8 Å². The van der Waals surface area contributed by atoms with E-state index in [9.17, 15) is 9.59 Å². The maximum absolute atomic E-state index is 12.5. The Kier molecular flexibility index (Phi) is 3.93. The third kappa shape index (κ3) is 3.07. The second-order valence-electron chi connectivity index (χ2n) is 5.91. The van der Waals surface area contributed by atoms with Gasteiger partial charge in [0.25, 0.3) is 0 Å². The van der Waals surface area contributed by atoms with Crippen molar-refractivity contribution in [2.75, 3.05) is 16.9 Å². The van der Waals surface area contributed by atoms with Crippen molar-refractivity contribution in [3.8, 4) is 0 Å².